The molecule has 21 heavy (non-hydrogen) atoms. The molecule has 0 bridgehead atoms. The summed E-state index contributed by atoms with van der Waals surface area (Å²) in [6.07, 6.45) is 1.24. The maximum absolute atomic E-state index is 12.0. The number of benzene rings is 1. The molecule has 0 saturated carbocycles. The Morgan fingerprint density at radius 3 is 3.00 bits per heavy atom. The molecule has 2 N–H and O–H groups in total. The summed E-state index contributed by atoms with van der Waals surface area (Å²) in [7, 11) is 0. The highest BCUT2D eigenvalue weighted by molar-refractivity contribution is 9.10. The van der Waals surface area contributed by atoms with Crippen LogP contribution < -0.4 is 5.32 Å². The van der Waals surface area contributed by atoms with Gasteiger partial charge in [-0.3, -0.25) is 4.79 Å². The number of aromatic amines is 1. The summed E-state index contributed by atoms with van der Waals surface area (Å²) in [5, 5.41) is 4.04. The summed E-state index contributed by atoms with van der Waals surface area (Å²) in [6.45, 7) is 6.04. The van der Waals surface area contributed by atoms with Crippen LogP contribution in [0.15, 0.2) is 22.7 Å². The number of carbonyl (C=O) groups is 1. The maximum Gasteiger partial charge on any atom is 0.224 e. The number of carbonyl (C=O) groups excluding carboxylic acids is 1. The smallest absolute Gasteiger partial charge is 0.224 e. The van der Waals surface area contributed by atoms with Crippen molar-refractivity contribution < 1.29 is 9.53 Å². The van der Waals surface area contributed by atoms with Gasteiger partial charge in [-0.1, -0.05) is 15.9 Å². The Morgan fingerprint density at radius 1 is 1.43 bits per heavy atom. The van der Waals surface area contributed by atoms with Crippen LogP contribution in [-0.4, -0.2) is 30.6 Å². The normalized spacial score (nSPS) is 11.0. The molecule has 2 aromatic rings. The highest BCUT2D eigenvalue weighted by Crippen LogP contribution is 2.25. The zero-order chi connectivity index (χ0) is 15.2. The van der Waals surface area contributed by atoms with E-state index in [1.165, 1.54) is 0 Å². The first kappa shape index (κ1) is 16.0. The lowest BCUT2D eigenvalue weighted by Crippen LogP contribution is -2.27. The van der Waals surface area contributed by atoms with Crippen LogP contribution in [0.5, 0.6) is 0 Å². The van der Waals surface area contributed by atoms with E-state index in [4.69, 9.17) is 4.74 Å². The summed E-state index contributed by atoms with van der Waals surface area (Å²) < 4.78 is 6.27. The van der Waals surface area contributed by atoms with Crippen LogP contribution in [0.3, 0.4) is 0 Å². The third-order valence-electron chi connectivity index (χ3n) is 3.41. The predicted octanol–water partition coefficient (Wildman–Crippen LogP) is 3.32. The number of halogens is 1. The number of ether oxygens (including phenoxy) is 1. The average molecular weight is 353 g/mol. The molecule has 0 aliphatic carbocycles. The molecule has 4 nitrogen and oxygen atoms in total. The van der Waals surface area contributed by atoms with E-state index in [1.54, 1.807) is 0 Å². The lowest BCUT2D eigenvalue weighted by molar-refractivity contribution is -0.120. The Hall–Kier alpha value is -1.33. The minimum atomic E-state index is 0.0514. The van der Waals surface area contributed by atoms with Crippen LogP contribution in [0.4, 0.5) is 0 Å². The first-order valence-electron chi connectivity index (χ1n) is 7.23. The first-order chi connectivity index (χ1) is 10.1. The van der Waals surface area contributed by atoms with E-state index in [0.29, 0.717) is 19.6 Å². The summed E-state index contributed by atoms with van der Waals surface area (Å²) in [5.74, 6) is 0.0514. The first-order valence-corrected chi connectivity index (χ1v) is 8.02. The summed E-state index contributed by atoms with van der Waals surface area (Å²) in [5.41, 5.74) is 3.18. The fraction of sp³-hybridized carbons (Fsp3) is 0.438. The van der Waals surface area contributed by atoms with Crippen LogP contribution in [0.25, 0.3) is 10.9 Å². The van der Waals surface area contributed by atoms with E-state index >= 15 is 0 Å². The van der Waals surface area contributed by atoms with Gasteiger partial charge in [0.2, 0.25) is 5.91 Å². The van der Waals surface area contributed by atoms with E-state index < -0.39 is 0 Å². The van der Waals surface area contributed by atoms with Crippen molar-refractivity contribution in [2.24, 2.45) is 0 Å². The molecule has 0 aliphatic rings. The van der Waals surface area contributed by atoms with Gasteiger partial charge in [-0.15, -0.1) is 0 Å². The second-order valence-electron chi connectivity index (χ2n) is 5.00. The van der Waals surface area contributed by atoms with E-state index in [0.717, 1.165) is 39.7 Å². The molecule has 0 radical (unpaired) electrons. The van der Waals surface area contributed by atoms with Gasteiger partial charge in [0.05, 0.1) is 6.42 Å². The summed E-state index contributed by atoms with van der Waals surface area (Å²) in [4.78, 5) is 15.4. The van der Waals surface area contributed by atoms with Crippen LogP contribution in [-0.2, 0) is 16.0 Å². The number of hydrogen-bond donors (Lipinski definition) is 2. The zero-order valence-corrected chi connectivity index (χ0v) is 14.0. The molecule has 1 heterocycles. The monoisotopic (exact) mass is 352 g/mol. The Kier molecular flexibility index (Phi) is 5.82. The van der Waals surface area contributed by atoms with E-state index in [2.05, 4.69) is 32.3 Å². The zero-order valence-electron chi connectivity index (χ0n) is 12.5. The van der Waals surface area contributed by atoms with Crippen molar-refractivity contribution in [3.63, 3.8) is 0 Å². The molecule has 5 heteroatoms. The largest absolute Gasteiger partial charge is 0.382 e. The molecule has 1 amide bonds. The van der Waals surface area contributed by atoms with Crippen LogP contribution in [0.2, 0.25) is 0 Å². The van der Waals surface area contributed by atoms with Crippen LogP contribution in [0.1, 0.15) is 24.6 Å². The highest BCUT2D eigenvalue weighted by Gasteiger charge is 2.12. The van der Waals surface area contributed by atoms with Gasteiger partial charge in [0.1, 0.15) is 0 Å². The van der Waals surface area contributed by atoms with Crippen molar-refractivity contribution in [3.05, 3.63) is 33.9 Å². The number of nitrogens with one attached hydrogen (secondary N) is 2. The highest BCUT2D eigenvalue weighted by atomic mass is 79.9. The summed E-state index contributed by atoms with van der Waals surface area (Å²) in [6, 6.07) is 6.07. The van der Waals surface area contributed by atoms with E-state index in [-0.39, 0.29) is 5.91 Å². The number of H-pyrrole nitrogens is 1. The molecule has 0 aliphatic heterocycles. The lowest BCUT2D eigenvalue weighted by atomic mass is 10.1. The van der Waals surface area contributed by atoms with Gasteiger partial charge in [0.15, 0.2) is 0 Å². The average Bonchev–Trinajstić information content (AvgIpc) is 2.75. The topological polar surface area (TPSA) is 54.1 Å². The van der Waals surface area contributed by atoms with Gasteiger partial charge in [-0.2, -0.15) is 0 Å². The van der Waals surface area contributed by atoms with E-state index in [9.17, 15) is 4.79 Å². The molecule has 114 valence electrons. The second kappa shape index (κ2) is 7.61. The molecular weight excluding hydrogens is 332 g/mol. The van der Waals surface area contributed by atoms with Crippen LogP contribution in [0, 0.1) is 6.92 Å². The SMILES string of the molecule is CCOCCCNC(=O)Cc1c(C)[nH]c2ccc(Br)cc12. The van der Waals surface area contributed by atoms with Crippen LogP contribution >= 0.6 is 15.9 Å². The minimum Gasteiger partial charge on any atom is -0.382 e. The van der Waals surface area contributed by atoms with Crippen molar-refractivity contribution in [3.8, 4) is 0 Å². The molecule has 0 fully saturated rings. The van der Waals surface area contributed by atoms with Gasteiger partial charge in [-0.25, -0.2) is 0 Å². The van der Waals surface area contributed by atoms with Gasteiger partial charge < -0.3 is 15.0 Å². The maximum atomic E-state index is 12.0. The van der Waals surface area contributed by atoms with Gasteiger partial charge in [0, 0.05) is 40.8 Å². The third-order valence-corrected chi connectivity index (χ3v) is 3.90. The van der Waals surface area contributed by atoms with E-state index in [1.807, 2.05) is 26.0 Å². The molecule has 0 saturated heterocycles. The number of fused-ring (bicyclic) bond motifs is 1. The fourth-order valence-electron chi connectivity index (χ4n) is 2.35. The summed E-state index contributed by atoms with van der Waals surface area (Å²) >= 11 is 3.48. The Morgan fingerprint density at radius 2 is 2.24 bits per heavy atom. The molecule has 0 spiro atoms. The molecule has 1 aromatic carbocycles. The Bertz CT molecular complexity index is 622. The van der Waals surface area contributed by atoms with Crippen molar-refractivity contribution >= 4 is 32.7 Å². The van der Waals surface area contributed by atoms with Crippen molar-refractivity contribution in [2.45, 2.75) is 26.7 Å². The predicted molar refractivity (Wildman–Crippen MR) is 88.6 cm³/mol. The number of amides is 1. The Balaban J connectivity index is 1.97. The number of aromatic nitrogens is 1. The quantitative estimate of drug-likeness (QED) is 0.751. The van der Waals surface area contributed by atoms with Crippen molar-refractivity contribution in [1.29, 1.82) is 0 Å². The van der Waals surface area contributed by atoms with Crippen molar-refractivity contribution in [2.75, 3.05) is 19.8 Å². The number of aryl methyl sites for hydroxylation is 1. The second-order valence-corrected chi connectivity index (χ2v) is 5.91. The van der Waals surface area contributed by atoms with Crippen molar-refractivity contribution in [1.82, 2.24) is 10.3 Å². The molecule has 1 aromatic heterocycles. The molecule has 0 unspecified atom stereocenters. The standard InChI is InChI=1S/C16H21BrN2O2/c1-3-21-8-4-7-18-16(20)10-13-11(2)19-15-6-5-12(17)9-14(13)15/h5-6,9,19H,3-4,7-8,10H2,1-2H3,(H,18,20). The number of rotatable bonds is 7. The fourth-order valence-corrected chi connectivity index (χ4v) is 2.71. The number of hydrogen-bond acceptors (Lipinski definition) is 2. The minimum absolute atomic E-state index is 0.0514. The third kappa shape index (κ3) is 4.32. The van der Waals surface area contributed by atoms with Gasteiger partial charge in [-0.05, 0) is 44.0 Å². The molecule has 2 rings (SSSR count). The Labute approximate surface area is 133 Å². The molecular formula is C16H21BrN2O2. The van der Waals surface area contributed by atoms with Gasteiger partial charge in [0.25, 0.3) is 0 Å². The molecule has 0 atom stereocenters. The lowest BCUT2D eigenvalue weighted by Gasteiger charge is -2.06. The van der Waals surface area contributed by atoms with Gasteiger partial charge >= 0.3 is 0 Å².